The molecule has 94 valence electrons. The number of anilines is 1. The molecule has 5 heteroatoms. The summed E-state index contributed by atoms with van der Waals surface area (Å²) in [7, 11) is 3.06. The highest BCUT2D eigenvalue weighted by Crippen LogP contribution is 2.05. The lowest BCUT2D eigenvalue weighted by Crippen LogP contribution is -2.44. The van der Waals surface area contributed by atoms with E-state index in [9.17, 15) is 4.79 Å². The molecule has 0 bridgehead atoms. The van der Waals surface area contributed by atoms with Crippen LogP contribution in [-0.4, -0.2) is 32.6 Å². The van der Waals surface area contributed by atoms with Crippen LogP contribution in [-0.2, 0) is 9.47 Å². The topological polar surface area (TPSA) is 59.6 Å². The molecule has 2 N–H and O–H groups in total. The molecule has 0 saturated carbocycles. The largest absolute Gasteiger partial charge is 0.354 e. The Bertz CT molecular complexity index is 339. The van der Waals surface area contributed by atoms with Gasteiger partial charge in [-0.15, -0.1) is 0 Å². The Kier molecular flexibility index (Phi) is 5.45. The summed E-state index contributed by atoms with van der Waals surface area (Å²) in [5, 5.41) is 5.44. The molecule has 0 aromatic heterocycles. The maximum absolute atomic E-state index is 11.6. The third-order valence-electron chi connectivity index (χ3n) is 2.26. The van der Waals surface area contributed by atoms with Gasteiger partial charge >= 0.3 is 6.03 Å². The number of ether oxygens (including phenoxy) is 2. The number of methoxy groups -OCH3 is 2. The van der Waals surface area contributed by atoms with Crippen LogP contribution in [0.2, 0.25) is 0 Å². The first kappa shape index (κ1) is 13.5. The fourth-order valence-corrected chi connectivity index (χ4v) is 1.47. The molecular formula is C12H18N2O3. The molecule has 0 heterocycles. The zero-order valence-corrected chi connectivity index (χ0v) is 10.3. The van der Waals surface area contributed by atoms with Gasteiger partial charge in [-0.3, -0.25) is 0 Å². The molecule has 2 amide bonds. The van der Waals surface area contributed by atoms with E-state index < -0.39 is 6.29 Å². The SMILES string of the molecule is COC(OC)C(C)NC(=O)Nc1ccccc1. The molecule has 0 aliphatic carbocycles. The minimum atomic E-state index is -0.462. The van der Waals surface area contributed by atoms with Crippen LogP contribution >= 0.6 is 0 Å². The van der Waals surface area contributed by atoms with Crippen molar-refractivity contribution in [1.82, 2.24) is 5.32 Å². The van der Waals surface area contributed by atoms with Crippen molar-refractivity contribution in [2.24, 2.45) is 0 Å². The first-order chi connectivity index (χ1) is 8.17. The molecule has 1 aromatic carbocycles. The maximum atomic E-state index is 11.6. The Morgan fingerprint density at radius 3 is 2.29 bits per heavy atom. The van der Waals surface area contributed by atoms with Crippen LogP contribution < -0.4 is 10.6 Å². The first-order valence-electron chi connectivity index (χ1n) is 5.35. The molecule has 1 unspecified atom stereocenters. The number of nitrogens with one attached hydrogen (secondary N) is 2. The summed E-state index contributed by atoms with van der Waals surface area (Å²) in [5.74, 6) is 0. The van der Waals surface area contributed by atoms with Crippen molar-refractivity contribution in [1.29, 1.82) is 0 Å². The quantitative estimate of drug-likeness (QED) is 0.769. The molecule has 0 spiro atoms. The van der Waals surface area contributed by atoms with Crippen molar-refractivity contribution in [3.8, 4) is 0 Å². The summed E-state index contributed by atoms with van der Waals surface area (Å²) >= 11 is 0. The second-order valence-corrected chi connectivity index (χ2v) is 3.59. The summed E-state index contributed by atoms with van der Waals surface area (Å²) in [6.45, 7) is 1.81. The van der Waals surface area contributed by atoms with Gasteiger partial charge in [0.1, 0.15) is 0 Å². The molecule has 1 aromatic rings. The Balaban J connectivity index is 2.44. The van der Waals surface area contributed by atoms with Crippen molar-refractivity contribution in [3.63, 3.8) is 0 Å². The Labute approximate surface area is 101 Å². The molecule has 1 rings (SSSR count). The summed E-state index contributed by atoms with van der Waals surface area (Å²) in [4.78, 5) is 11.6. The van der Waals surface area contributed by atoms with Crippen molar-refractivity contribution < 1.29 is 14.3 Å². The van der Waals surface area contributed by atoms with Gasteiger partial charge < -0.3 is 20.1 Å². The third-order valence-corrected chi connectivity index (χ3v) is 2.26. The predicted molar refractivity (Wildman–Crippen MR) is 65.9 cm³/mol. The monoisotopic (exact) mass is 238 g/mol. The highest BCUT2D eigenvalue weighted by Gasteiger charge is 2.17. The first-order valence-corrected chi connectivity index (χ1v) is 5.35. The number of urea groups is 1. The molecule has 5 nitrogen and oxygen atoms in total. The number of rotatable bonds is 5. The van der Waals surface area contributed by atoms with Gasteiger partial charge in [0, 0.05) is 19.9 Å². The van der Waals surface area contributed by atoms with Crippen LogP contribution in [0, 0.1) is 0 Å². The van der Waals surface area contributed by atoms with E-state index in [-0.39, 0.29) is 12.1 Å². The van der Waals surface area contributed by atoms with Crippen LogP contribution in [0.4, 0.5) is 10.5 Å². The molecule has 17 heavy (non-hydrogen) atoms. The van der Waals surface area contributed by atoms with Crippen molar-refractivity contribution in [3.05, 3.63) is 30.3 Å². The zero-order valence-electron chi connectivity index (χ0n) is 10.3. The number of benzene rings is 1. The van der Waals surface area contributed by atoms with Crippen molar-refractivity contribution in [2.45, 2.75) is 19.3 Å². The minimum Gasteiger partial charge on any atom is -0.354 e. The van der Waals surface area contributed by atoms with E-state index in [1.165, 1.54) is 14.2 Å². The Morgan fingerprint density at radius 1 is 1.18 bits per heavy atom. The van der Waals surface area contributed by atoms with Crippen molar-refractivity contribution >= 4 is 11.7 Å². The fraction of sp³-hybridized carbons (Fsp3) is 0.417. The van der Waals surface area contributed by atoms with Crippen LogP contribution in [0.25, 0.3) is 0 Å². The highest BCUT2D eigenvalue weighted by atomic mass is 16.7. The van der Waals surface area contributed by atoms with Crippen LogP contribution in [0.1, 0.15) is 6.92 Å². The number of amides is 2. The van der Waals surface area contributed by atoms with Crippen LogP contribution in [0.5, 0.6) is 0 Å². The molecule has 0 fully saturated rings. The molecule has 0 aliphatic heterocycles. The zero-order chi connectivity index (χ0) is 12.7. The van der Waals surface area contributed by atoms with Gasteiger partial charge in [-0.1, -0.05) is 18.2 Å². The Hall–Kier alpha value is -1.59. The predicted octanol–water partition coefficient (Wildman–Crippen LogP) is 1.82. The highest BCUT2D eigenvalue weighted by molar-refractivity contribution is 5.89. The number of para-hydroxylation sites is 1. The summed E-state index contributed by atoms with van der Waals surface area (Å²) in [6, 6.07) is 8.69. The normalized spacial score (nSPS) is 12.2. The van der Waals surface area contributed by atoms with Crippen LogP contribution in [0.3, 0.4) is 0 Å². The number of hydrogen-bond acceptors (Lipinski definition) is 3. The Morgan fingerprint density at radius 2 is 1.76 bits per heavy atom. The van der Waals surface area contributed by atoms with Gasteiger partial charge in [0.15, 0.2) is 6.29 Å². The van der Waals surface area contributed by atoms with Gasteiger partial charge in [-0.25, -0.2) is 4.79 Å². The molecule has 0 radical (unpaired) electrons. The van der Waals surface area contributed by atoms with Crippen molar-refractivity contribution in [2.75, 3.05) is 19.5 Å². The second kappa shape index (κ2) is 6.88. The molecule has 1 atom stereocenters. The molecule has 0 saturated heterocycles. The van der Waals surface area contributed by atoms with Gasteiger partial charge in [0.2, 0.25) is 0 Å². The number of carbonyl (C=O) groups is 1. The van der Waals surface area contributed by atoms with Crippen LogP contribution in [0.15, 0.2) is 30.3 Å². The van der Waals surface area contributed by atoms with E-state index in [4.69, 9.17) is 9.47 Å². The number of hydrogen-bond donors (Lipinski definition) is 2. The molecular weight excluding hydrogens is 220 g/mol. The van der Waals surface area contributed by atoms with E-state index in [0.717, 1.165) is 5.69 Å². The summed E-state index contributed by atoms with van der Waals surface area (Å²) in [6.07, 6.45) is -0.462. The second-order valence-electron chi connectivity index (χ2n) is 3.59. The van der Waals surface area contributed by atoms with E-state index >= 15 is 0 Å². The lowest BCUT2D eigenvalue weighted by Gasteiger charge is -2.22. The smallest absolute Gasteiger partial charge is 0.319 e. The lowest BCUT2D eigenvalue weighted by atomic mass is 10.3. The van der Waals surface area contributed by atoms with Gasteiger partial charge in [-0.2, -0.15) is 0 Å². The minimum absolute atomic E-state index is 0.242. The average Bonchev–Trinajstić information content (AvgIpc) is 2.31. The molecule has 0 aliphatic rings. The lowest BCUT2D eigenvalue weighted by molar-refractivity contribution is -0.117. The average molecular weight is 238 g/mol. The standard InChI is InChI=1S/C12H18N2O3/c1-9(11(16-2)17-3)13-12(15)14-10-7-5-4-6-8-10/h4-9,11H,1-3H3,(H2,13,14,15). The maximum Gasteiger partial charge on any atom is 0.319 e. The van der Waals surface area contributed by atoms with E-state index in [1.54, 1.807) is 0 Å². The third kappa shape index (κ3) is 4.42. The van der Waals surface area contributed by atoms with Gasteiger partial charge in [0.25, 0.3) is 0 Å². The van der Waals surface area contributed by atoms with E-state index in [0.29, 0.717) is 0 Å². The summed E-state index contributed by atoms with van der Waals surface area (Å²) < 4.78 is 10.1. The fourth-order valence-electron chi connectivity index (χ4n) is 1.47. The van der Waals surface area contributed by atoms with Gasteiger partial charge in [-0.05, 0) is 19.1 Å². The summed E-state index contributed by atoms with van der Waals surface area (Å²) in [5.41, 5.74) is 0.739. The van der Waals surface area contributed by atoms with Gasteiger partial charge in [0.05, 0.1) is 6.04 Å². The van der Waals surface area contributed by atoms with E-state index in [2.05, 4.69) is 10.6 Å². The van der Waals surface area contributed by atoms with E-state index in [1.807, 2.05) is 37.3 Å². The number of carbonyl (C=O) groups excluding carboxylic acids is 1.